The van der Waals surface area contributed by atoms with Crippen LogP contribution in [0.4, 0.5) is 0 Å². The topological polar surface area (TPSA) is 76.4 Å². The average molecular weight is 428 g/mol. The molecule has 0 aromatic rings. The minimum absolute atomic E-state index is 0.0184. The Morgan fingerprint density at radius 2 is 1.81 bits per heavy atom. The Kier molecular flexibility index (Phi) is 5.73. The number of ether oxygens (including phenoxy) is 2. The molecule has 4 saturated carbocycles. The number of nitrogens with zero attached hydrogens (tertiary/aromatic N) is 1. The van der Waals surface area contributed by atoms with Crippen LogP contribution in [0.5, 0.6) is 0 Å². The van der Waals surface area contributed by atoms with Crippen molar-refractivity contribution in [2.24, 2.45) is 40.4 Å². The maximum atomic E-state index is 12.1. The molecule has 170 valence electrons. The van der Waals surface area contributed by atoms with Crippen molar-refractivity contribution in [3.63, 3.8) is 0 Å². The quantitative estimate of drug-likeness (QED) is 0.447. The molecule has 1 unspecified atom stereocenters. The van der Waals surface area contributed by atoms with Gasteiger partial charge in [0, 0.05) is 25.8 Å². The Labute approximate surface area is 186 Å². The van der Waals surface area contributed by atoms with E-state index in [1.807, 2.05) is 0 Å². The van der Waals surface area contributed by atoms with Crippen LogP contribution in [0.25, 0.3) is 0 Å². The van der Waals surface area contributed by atoms with Gasteiger partial charge in [0.1, 0.15) is 12.2 Å². The second kappa shape index (κ2) is 7.94. The maximum absolute atomic E-state index is 12.1. The number of allylic oxidation sites excluding steroid dienone is 2. The molecule has 0 aliphatic heterocycles. The van der Waals surface area contributed by atoms with Crippen LogP contribution in [0, 0.1) is 51.8 Å². The van der Waals surface area contributed by atoms with Crippen molar-refractivity contribution in [2.45, 2.75) is 91.8 Å². The number of nitriles is 1. The Hall–Kier alpha value is -1.83. The fourth-order valence-electron chi connectivity index (χ4n) is 8.53. The summed E-state index contributed by atoms with van der Waals surface area (Å²) in [6.07, 6.45) is 8.69. The molecule has 5 nitrogen and oxygen atoms in total. The Morgan fingerprint density at radius 3 is 2.45 bits per heavy atom. The maximum Gasteiger partial charge on any atom is 0.302 e. The normalized spacial score (nSPS) is 47.5. The third-order valence-electron chi connectivity index (χ3n) is 9.59. The smallest absolute Gasteiger partial charge is 0.302 e. The molecule has 0 aromatic carbocycles. The van der Waals surface area contributed by atoms with Crippen LogP contribution in [0.3, 0.4) is 0 Å². The van der Waals surface area contributed by atoms with E-state index in [9.17, 15) is 14.9 Å². The monoisotopic (exact) mass is 427 g/mol. The summed E-state index contributed by atoms with van der Waals surface area (Å²) in [4.78, 5) is 23.7. The highest BCUT2D eigenvalue weighted by Gasteiger charge is 2.64. The summed E-state index contributed by atoms with van der Waals surface area (Å²) < 4.78 is 11.7. The van der Waals surface area contributed by atoms with Crippen LogP contribution in [0.1, 0.15) is 79.6 Å². The van der Waals surface area contributed by atoms with Crippen molar-refractivity contribution in [3.05, 3.63) is 11.6 Å². The zero-order chi connectivity index (χ0) is 22.6. The van der Waals surface area contributed by atoms with E-state index < -0.39 is 0 Å². The molecule has 0 N–H and O–H groups in total. The van der Waals surface area contributed by atoms with Gasteiger partial charge >= 0.3 is 11.9 Å². The summed E-state index contributed by atoms with van der Waals surface area (Å²) in [6, 6.07) is 2.29. The van der Waals surface area contributed by atoms with Crippen molar-refractivity contribution in [1.29, 1.82) is 5.26 Å². The highest BCUT2D eigenvalue weighted by atomic mass is 16.5. The summed E-state index contributed by atoms with van der Waals surface area (Å²) in [5, 5.41) is 9.43. The zero-order valence-corrected chi connectivity index (χ0v) is 19.6. The molecule has 4 rings (SSSR count). The molecule has 0 saturated heterocycles. The lowest BCUT2D eigenvalue weighted by Crippen LogP contribution is -2.59. The zero-order valence-electron chi connectivity index (χ0n) is 19.6. The summed E-state index contributed by atoms with van der Waals surface area (Å²) >= 11 is 0. The molecule has 4 fully saturated rings. The van der Waals surface area contributed by atoms with E-state index in [0.29, 0.717) is 29.6 Å². The lowest BCUT2D eigenvalue weighted by atomic mass is 9.44. The molecule has 0 aromatic heterocycles. The molecular formula is C26H37NO4. The highest BCUT2D eigenvalue weighted by molar-refractivity contribution is 5.66. The minimum Gasteiger partial charge on any atom is -0.463 e. The molecule has 4 aliphatic rings. The van der Waals surface area contributed by atoms with Gasteiger partial charge in [0.2, 0.25) is 0 Å². The van der Waals surface area contributed by atoms with E-state index in [4.69, 9.17) is 9.47 Å². The first kappa shape index (κ1) is 22.4. The van der Waals surface area contributed by atoms with Crippen LogP contribution in [-0.2, 0) is 19.1 Å². The summed E-state index contributed by atoms with van der Waals surface area (Å²) in [5.41, 5.74) is 1.27. The lowest BCUT2D eigenvalue weighted by molar-refractivity contribution is -0.194. The fourth-order valence-corrected chi connectivity index (χ4v) is 8.53. The van der Waals surface area contributed by atoms with E-state index in [2.05, 4.69) is 26.8 Å². The Balaban J connectivity index is 1.69. The highest BCUT2D eigenvalue weighted by Crippen LogP contribution is 2.68. The van der Waals surface area contributed by atoms with Crippen molar-refractivity contribution in [2.75, 3.05) is 0 Å². The van der Waals surface area contributed by atoms with Gasteiger partial charge in [-0.3, -0.25) is 9.59 Å². The molecule has 5 heteroatoms. The molecule has 4 aliphatic carbocycles. The first-order valence-electron chi connectivity index (χ1n) is 12.0. The third-order valence-corrected chi connectivity index (χ3v) is 9.59. The number of carbonyl (C=O) groups is 2. The second-order valence-electron chi connectivity index (χ2n) is 11.2. The lowest BCUT2D eigenvalue weighted by Gasteiger charge is -2.62. The number of hydrogen-bond donors (Lipinski definition) is 0. The Bertz CT molecular complexity index is 828. The molecule has 0 radical (unpaired) electrons. The van der Waals surface area contributed by atoms with Crippen LogP contribution < -0.4 is 0 Å². The molecular weight excluding hydrogens is 390 g/mol. The molecule has 0 bridgehead atoms. The average Bonchev–Trinajstić information content (AvgIpc) is 2.92. The van der Waals surface area contributed by atoms with Crippen LogP contribution >= 0.6 is 0 Å². The predicted octanol–water partition coefficient (Wildman–Crippen LogP) is 5.20. The first-order valence-corrected chi connectivity index (χ1v) is 12.0. The first-order chi connectivity index (χ1) is 14.6. The van der Waals surface area contributed by atoms with E-state index in [0.717, 1.165) is 44.9 Å². The van der Waals surface area contributed by atoms with Gasteiger partial charge in [-0.1, -0.05) is 26.3 Å². The van der Waals surface area contributed by atoms with E-state index in [1.54, 1.807) is 6.08 Å². The number of fused-ring (bicyclic) bond motifs is 5. The largest absolute Gasteiger partial charge is 0.463 e. The summed E-state index contributed by atoms with van der Waals surface area (Å²) in [7, 11) is 0. The van der Waals surface area contributed by atoms with Crippen LogP contribution in [-0.4, -0.2) is 24.1 Å². The number of esters is 2. The van der Waals surface area contributed by atoms with Gasteiger partial charge in [-0.05, 0) is 79.4 Å². The van der Waals surface area contributed by atoms with Gasteiger partial charge < -0.3 is 9.47 Å². The van der Waals surface area contributed by atoms with Crippen LogP contribution in [0.15, 0.2) is 11.6 Å². The molecule has 31 heavy (non-hydrogen) atoms. The summed E-state index contributed by atoms with van der Waals surface area (Å²) in [5.74, 6) is 1.86. The minimum atomic E-state index is -0.206. The predicted molar refractivity (Wildman–Crippen MR) is 116 cm³/mol. The molecule has 0 heterocycles. The van der Waals surface area contributed by atoms with Crippen molar-refractivity contribution in [3.8, 4) is 6.07 Å². The van der Waals surface area contributed by atoms with Crippen molar-refractivity contribution in [1.82, 2.24) is 0 Å². The Morgan fingerprint density at radius 1 is 1.10 bits per heavy atom. The van der Waals surface area contributed by atoms with Gasteiger partial charge in [0.05, 0.1) is 6.07 Å². The standard InChI is InChI=1S/C26H37NO4/c1-15-12-22-20-7-6-18-13-19(30-16(2)28)8-10-25(18,4)24(20)23(31-17(3)29)14-26(22,5)21(15)9-11-27/h9,15,18-20,22-24H,6-8,10,12-14H2,1-5H3/b21-9-/t15-,18+,19+,20-,22?,23-,24+,25-,26+/m0/s1. The van der Waals surface area contributed by atoms with Gasteiger partial charge in [-0.25, -0.2) is 0 Å². The van der Waals surface area contributed by atoms with E-state index in [-0.39, 0.29) is 35.0 Å². The van der Waals surface area contributed by atoms with E-state index >= 15 is 0 Å². The number of rotatable bonds is 2. The molecule has 0 amide bonds. The van der Waals surface area contributed by atoms with Crippen molar-refractivity contribution >= 4 is 11.9 Å². The molecule has 9 atom stereocenters. The van der Waals surface area contributed by atoms with Gasteiger partial charge in [0.25, 0.3) is 0 Å². The third kappa shape index (κ3) is 3.60. The number of hydrogen-bond acceptors (Lipinski definition) is 5. The van der Waals surface area contributed by atoms with Gasteiger partial charge in [0.15, 0.2) is 0 Å². The van der Waals surface area contributed by atoms with Crippen LogP contribution in [0.2, 0.25) is 0 Å². The number of carbonyl (C=O) groups excluding carboxylic acids is 2. The molecule has 0 spiro atoms. The second-order valence-corrected chi connectivity index (χ2v) is 11.2. The van der Waals surface area contributed by atoms with E-state index in [1.165, 1.54) is 19.4 Å². The fraction of sp³-hybridized carbons (Fsp3) is 0.808. The van der Waals surface area contributed by atoms with Crippen molar-refractivity contribution < 1.29 is 19.1 Å². The van der Waals surface area contributed by atoms with Gasteiger partial charge in [-0.15, -0.1) is 0 Å². The summed E-state index contributed by atoms with van der Waals surface area (Å²) in [6.45, 7) is 9.98. The van der Waals surface area contributed by atoms with Gasteiger partial charge in [-0.2, -0.15) is 5.26 Å². The SMILES string of the molecule is CC(=O)O[C@@H]1CC[C@@]2(C)[C@H](CC[C@H]3C4C[C@H](C)/C(=C/C#N)[C@@]4(C)C[C@H](OC(C)=O)[C@@H]32)C1.